The first kappa shape index (κ1) is 14.7. The van der Waals surface area contributed by atoms with Gasteiger partial charge in [0.05, 0.1) is 14.4 Å². The summed E-state index contributed by atoms with van der Waals surface area (Å²) in [7, 11) is 0. The van der Waals surface area contributed by atoms with E-state index in [1.165, 1.54) is 22.0 Å². The normalized spacial score (nSPS) is 11.4. The monoisotopic (exact) mass is 353 g/mol. The second-order valence-corrected chi connectivity index (χ2v) is 6.47. The van der Waals surface area contributed by atoms with E-state index >= 15 is 0 Å². The van der Waals surface area contributed by atoms with Crippen LogP contribution in [-0.4, -0.2) is 16.2 Å². The number of pyridine rings is 1. The number of halogens is 1. The van der Waals surface area contributed by atoms with Crippen LogP contribution in [0.5, 0.6) is 0 Å². The molecule has 0 saturated heterocycles. The molecule has 7 heteroatoms. The number of hydrazone groups is 1. The topological polar surface area (TPSA) is 63.5 Å². The van der Waals surface area contributed by atoms with Crippen LogP contribution in [0.1, 0.15) is 11.8 Å². The second-order valence-electron chi connectivity index (χ2n) is 4.00. The van der Waals surface area contributed by atoms with Gasteiger partial charge in [0.25, 0.3) is 11.5 Å². The van der Waals surface area contributed by atoms with Gasteiger partial charge in [-0.05, 0) is 41.1 Å². The van der Waals surface area contributed by atoms with Crippen molar-refractivity contribution < 1.29 is 4.79 Å². The minimum atomic E-state index is -0.340. The van der Waals surface area contributed by atoms with Crippen molar-refractivity contribution in [2.75, 3.05) is 0 Å². The highest BCUT2D eigenvalue weighted by Gasteiger charge is 2.05. The van der Waals surface area contributed by atoms with E-state index in [1.807, 2.05) is 19.1 Å². The van der Waals surface area contributed by atoms with Crippen molar-refractivity contribution in [3.8, 4) is 0 Å². The van der Waals surface area contributed by atoms with Gasteiger partial charge in [0.1, 0.15) is 6.54 Å². The molecule has 0 fully saturated rings. The molecule has 0 aliphatic rings. The van der Waals surface area contributed by atoms with E-state index in [4.69, 9.17) is 0 Å². The lowest BCUT2D eigenvalue weighted by molar-refractivity contribution is -0.121. The van der Waals surface area contributed by atoms with E-state index in [2.05, 4.69) is 26.5 Å². The zero-order valence-electron chi connectivity index (χ0n) is 10.7. The fourth-order valence-corrected chi connectivity index (χ4v) is 2.82. The maximum atomic E-state index is 11.7. The van der Waals surface area contributed by atoms with Crippen LogP contribution in [0.25, 0.3) is 0 Å². The van der Waals surface area contributed by atoms with Gasteiger partial charge in [-0.2, -0.15) is 5.10 Å². The molecule has 1 amide bonds. The first-order valence-corrected chi connectivity index (χ1v) is 7.41. The molecule has 0 atom stereocenters. The zero-order chi connectivity index (χ0) is 14.5. The molecule has 0 spiro atoms. The van der Waals surface area contributed by atoms with Crippen molar-refractivity contribution in [2.45, 2.75) is 13.5 Å². The van der Waals surface area contributed by atoms with Gasteiger partial charge in [-0.15, -0.1) is 11.3 Å². The van der Waals surface area contributed by atoms with Crippen molar-refractivity contribution in [1.82, 2.24) is 9.99 Å². The highest BCUT2D eigenvalue weighted by molar-refractivity contribution is 9.11. The average Bonchev–Trinajstić information content (AvgIpc) is 2.85. The molecule has 104 valence electrons. The molecule has 0 bridgehead atoms. The predicted molar refractivity (Wildman–Crippen MR) is 83.1 cm³/mol. The van der Waals surface area contributed by atoms with Crippen molar-refractivity contribution in [1.29, 1.82) is 0 Å². The molecule has 2 aromatic rings. The van der Waals surface area contributed by atoms with Gasteiger partial charge >= 0.3 is 0 Å². The molecule has 20 heavy (non-hydrogen) atoms. The van der Waals surface area contributed by atoms with Gasteiger partial charge in [-0.3, -0.25) is 9.59 Å². The Morgan fingerprint density at radius 3 is 2.85 bits per heavy atom. The summed E-state index contributed by atoms with van der Waals surface area (Å²) in [5.74, 6) is -0.340. The summed E-state index contributed by atoms with van der Waals surface area (Å²) in [6.07, 6.45) is 1.56. The molecule has 0 saturated carbocycles. The quantitative estimate of drug-likeness (QED) is 0.676. The maximum Gasteiger partial charge on any atom is 0.260 e. The van der Waals surface area contributed by atoms with E-state index in [9.17, 15) is 9.59 Å². The Bertz CT molecular complexity index is 705. The standard InChI is InChI=1S/C13H12BrN3O2S/c1-9(10-5-6-11(14)20-10)15-16-12(18)8-17-7-3-2-4-13(17)19/h2-7H,8H2,1H3,(H,16,18)/b15-9-. The number of hydrogen-bond acceptors (Lipinski definition) is 4. The molecule has 0 radical (unpaired) electrons. The van der Waals surface area contributed by atoms with Gasteiger partial charge in [0, 0.05) is 12.3 Å². The summed E-state index contributed by atoms with van der Waals surface area (Å²) in [5, 5.41) is 4.02. The Balaban J connectivity index is 1.99. The molecule has 2 heterocycles. The third-order valence-electron chi connectivity index (χ3n) is 2.49. The van der Waals surface area contributed by atoms with Crippen LogP contribution in [0.3, 0.4) is 0 Å². The molecule has 2 aromatic heterocycles. The molecular formula is C13H12BrN3O2S. The summed E-state index contributed by atoms with van der Waals surface area (Å²) >= 11 is 4.90. The van der Waals surface area contributed by atoms with Crippen LogP contribution in [0.4, 0.5) is 0 Å². The van der Waals surface area contributed by atoms with Crippen molar-refractivity contribution in [3.05, 3.63) is 55.5 Å². The molecule has 2 rings (SSSR count). The lowest BCUT2D eigenvalue weighted by Crippen LogP contribution is -2.29. The van der Waals surface area contributed by atoms with E-state index in [0.29, 0.717) is 0 Å². The Kier molecular flexibility index (Phi) is 4.86. The summed E-state index contributed by atoms with van der Waals surface area (Å²) in [6.45, 7) is 1.76. The Hall–Kier alpha value is -1.73. The third kappa shape index (κ3) is 3.88. The number of aromatic nitrogens is 1. The van der Waals surface area contributed by atoms with E-state index in [-0.39, 0.29) is 18.0 Å². The van der Waals surface area contributed by atoms with Crippen molar-refractivity contribution in [2.24, 2.45) is 5.10 Å². The van der Waals surface area contributed by atoms with Gasteiger partial charge in [0.15, 0.2) is 0 Å². The summed E-state index contributed by atoms with van der Waals surface area (Å²) in [5.41, 5.74) is 2.95. The van der Waals surface area contributed by atoms with Crippen LogP contribution in [0.2, 0.25) is 0 Å². The summed E-state index contributed by atoms with van der Waals surface area (Å²) in [4.78, 5) is 24.1. The van der Waals surface area contributed by atoms with Crippen LogP contribution in [-0.2, 0) is 11.3 Å². The lowest BCUT2D eigenvalue weighted by atomic mass is 10.3. The number of hydrogen-bond donors (Lipinski definition) is 1. The van der Waals surface area contributed by atoms with E-state index in [0.717, 1.165) is 14.4 Å². The molecular weight excluding hydrogens is 342 g/mol. The van der Waals surface area contributed by atoms with Gasteiger partial charge in [0.2, 0.25) is 0 Å². The number of nitrogens with one attached hydrogen (secondary N) is 1. The molecule has 0 unspecified atom stereocenters. The highest BCUT2D eigenvalue weighted by Crippen LogP contribution is 2.22. The predicted octanol–water partition coefficient (Wildman–Crippen LogP) is 2.21. The minimum Gasteiger partial charge on any atom is -0.306 e. The first-order chi connectivity index (χ1) is 9.56. The van der Waals surface area contributed by atoms with Gasteiger partial charge < -0.3 is 4.57 Å². The Labute approximate surface area is 128 Å². The van der Waals surface area contributed by atoms with E-state index in [1.54, 1.807) is 18.3 Å². The molecule has 0 aromatic carbocycles. The van der Waals surface area contributed by atoms with Crippen LogP contribution in [0.15, 0.2) is 50.2 Å². The fourth-order valence-electron chi connectivity index (χ4n) is 1.49. The highest BCUT2D eigenvalue weighted by atomic mass is 79.9. The van der Waals surface area contributed by atoms with Gasteiger partial charge in [-0.25, -0.2) is 5.43 Å². The number of carbonyl (C=O) groups is 1. The van der Waals surface area contributed by atoms with Crippen LogP contribution in [0, 0.1) is 0 Å². The number of rotatable bonds is 4. The third-order valence-corrected chi connectivity index (χ3v) is 4.22. The van der Waals surface area contributed by atoms with E-state index < -0.39 is 0 Å². The van der Waals surface area contributed by atoms with Gasteiger partial charge in [-0.1, -0.05) is 6.07 Å². The zero-order valence-corrected chi connectivity index (χ0v) is 13.1. The fraction of sp³-hybridized carbons (Fsp3) is 0.154. The average molecular weight is 354 g/mol. The Morgan fingerprint density at radius 1 is 1.40 bits per heavy atom. The lowest BCUT2D eigenvalue weighted by Gasteiger charge is -2.04. The van der Waals surface area contributed by atoms with Crippen molar-refractivity contribution in [3.63, 3.8) is 0 Å². The first-order valence-electron chi connectivity index (χ1n) is 5.80. The molecule has 1 N–H and O–H groups in total. The smallest absolute Gasteiger partial charge is 0.260 e. The summed E-state index contributed by atoms with van der Waals surface area (Å²) < 4.78 is 2.33. The summed E-state index contributed by atoms with van der Waals surface area (Å²) in [6, 6.07) is 8.58. The largest absolute Gasteiger partial charge is 0.306 e. The van der Waals surface area contributed by atoms with Crippen LogP contribution < -0.4 is 11.0 Å². The van der Waals surface area contributed by atoms with Crippen LogP contribution >= 0.6 is 27.3 Å². The molecule has 0 aliphatic carbocycles. The number of thiophene rings is 1. The maximum absolute atomic E-state index is 11.7. The number of nitrogens with zero attached hydrogens (tertiary/aromatic N) is 2. The Morgan fingerprint density at radius 2 is 2.20 bits per heavy atom. The molecule has 0 aliphatic heterocycles. The SMILES string of the molecule is C/C(=N/NC(=O)Cn1ccccc1=O)c1ccc(Br)s1. The van der Waals surface area contributed by atoms with Crippen molar-refractivity contribution >= 4 is 38.9 Å². The number of amides is 1. The minimum absolute atomic E-state index is 0.0510. The molecule has 5 nitrogen and oxygen atoms in total. The number of carbonyl (C=O) groups excluding carboxylic acids is 1. The second kappa shape index (κ2) is 6.62.